The second-order valence-electron chi connectivity index (χ2n) is 8.12. The zero-order valence-electron chi connectivity index (χ0n) is 18.9. The standard InChI is InChI=1S/C24H22FN7O3/c1-14-3-6-16(7-4-14)32-22-18(30-23(32)20-21(26)27-11-12-31(20)2)9-8-17(29-22)15-5-10-19(28-13-15)35-24(25,33)34/h3-11,13,26,30,33-34H,12H2,1-2H3/b23-20-,26-21?. The predicted molar refractivity (Wildman–Crippen MR) is 129 cm³/mol. The van der Waals surface area contributed by atoms with E-state index in [-0.39, 0.29) is 11.7 Å². The van der Waals surface area contributed by atoms with Gasteiger partial charge in [0.25, 0.3) is 0 Å². The van der Waals surface area contributed by atoms with Crippen LogP contribution in [0.25, 0.3) is 11.3 Å². The van der Waals surface area contributed by atoms with Gasteiger partial charge in [0.1, 0.15) is 11.5 Å². The molecular formula is C24H22FN7O3. The van der Waals surface area contributed by atoms with E-state index in [0.29, 0.717) is 35.1 Å². The Balaban J connectivity index is 1.59. The van der Waals surface area contributed by atoms with Crippen LogP contribution in [0.3, 0.4) is 0 Å². The molecule has 2 aromatic heterocycles. The van der Waals surface area contributed by atoms with Crippen molar-refractivity contribution in [2.24, 2.45) is 4.99 Å². The lowest BCUT2D eigenvalue weighted by molar-refractivity contribution is -0.376. The molecule has 0 unspecified atom stereocenters. The Kier molecular flexibility index (Phi) is 5.42. The molecule has 0 atom stereocenters. The van der Waals surface area contributed by atoms with E-state index in [9.17, 15) is 4.39 Å². The number of nitrogens with one attached hydrogen (secondary N) is 2. The maximum Gasteiger partial charge on any atom is 0.493 e. The van der Waals surface area contributed by atoms with E-state index < -0.39 is 6.23 Å². The van der Waals surface area contributed by atoms with E-state index in [2.05, 4.69) is 20.0 Å². The molecule has 2 aliphatic rings. The number of nitrogens with zero attached hydrogens (tertiary/aromatic N) is 5. The van der Waals surface area contributed by atoms with Crippen molar-refractivity contribution in [3.8, 4) is 17.1 Å². The minimum Gasteiger partial charge on any atom is -0.395 e. The smallest absolute Gasteiger partial charge is 0.395 e. The second kappa shape index (κ2) is 8.46. The van der Waals surface area contributed by atoms with Gasteiger partial charge >= 0.3 is 6.23 Å². The monoisotopic (exact) mass is 475 g/mol. The largest absolute Gasteiger partial charge is 0.493 e. The summed E-state index contributed by atoms with van der Waals surface area (Å²) in [7, 11) is 1.90. The number of amidine groups is 1. The van der Waals surface area contributed by atoms with Gasteiger partial charge in [0, 0.05) is 36.8 Å². The molecule has 0 fully saturated rings. The molecule has 0 saturated heterocycles. The van der Waals surface area contributed by atoms with Crippen LogP contribution in [0.1, 0.15) is 5.56 Å². The van der Waals surface area contributed by atoms with Gasteiger partial charge < -0.3 is 25.2 Å². The number of benzene rings is 1. The number of hydrogen-bond acceptors (Lipinski definition) is 9. The Morgan fingerprint density at radius 2 is 1.89 bits per heavy atom. The Hall–Kier alpha value is -4.35. The van der Waals surface area contributed by atoms with Crippen LogP contribution >= 0.6 is 0 Å². The molecule has 2 aliphatic heterocycles. The van der Waals surface area contributed by atoms with Gasteiger partial charge in [-0.15, -0.1) is 4.39 Å². The van der Waals surface area contributed by atoms with Crippen LogP contribution in [0.15, 0.2) is 71.2 Å². The lowest BCUT2D eigenvalue weighted by Crippen LogP contribution is -2.34. The van der Waals surface area contributed by atoms with E-state index in [0.717, 1.165) is 16.9 Å². The van der Waals surface area contributed by atoms with Gasteiger partial charge in [0.2, 0.25) is 5.88 Å². The number of ether oxygens (including phenoxy) is 1. The SMILES string of the molecule is Cc1ccc(N2/C(=C3/C(=N)N=CCN3C)Nc3ccc(-c4ccc(OC(O)(O)F)nc4)nc32)cc1. The number of aliphatic hydroxyl groups is 2. The fraction of sp³-hybridized carbons (Fsp3) is 0.167. The third kappa shape index (κ3) is 4.42. The lowest BCUT2D eigenvalue weighted by Gasteiger charge is -2.29. The molecule has 35 heavy (non-hydrogen) atoms. The molecule has 178 valence electrons. The molecule has 10 nitrogen and oxygen atoms in total. The quantitative estimate of drug-likeness (QED) is 0.424. The van der Waals surface area contributed by atoms with E-state index in [1.807, 2.05) is 54.1 Å². The van der Waals surface area contributed by atoms with E-state index in [4.69, 9.17) is 20.6 Å². The van der Waals surface area contributed by atoms with Crippen molar-refractivity contribution in [3.63, 3.8) is 0 Å². The molecule has 4 N–H and O–H groups in total. The predicted octanol–water partition coefficient (Wildman–Crippen LogP) is 3.12. The summed E-state index contributed by atoms with van der Waals surface area (Å²) in [6, 6.07) is 14.5. The summed E-state index contributed by atoms with van der Waals surface area (Å²) >= 11 is 0. The third-order valence-electron chi connectivity index (χ3n) is 5.53. The summed E-state index contributed by atoms with van der Waals surface area (Å²) in [4.78, 5) is 16.9. The van der Waals surface area contributed by atoms with E-state index in [1.54, 1.807) is 18.3 Å². The van der Waals surface area contributed by atoms with Gasteiger partial charge in [-0.25, -0.2) is 15.0 Å². The average Bonchev–Trinajstić information content (AvgIpc) is 3.17. The number of aryl methyl sites for hydroxylation is 1. The van der Waals surface area contributed by atoms with Crippen molar-refractivity contribution in [2.45, 2.75) is 13.2 Å². The van der Waals surface area contributed by atoms with E-state index in [1.165, 1.54) is 12.3 Å². The molecule has 3 aromatic rings. The number of aliphatic imine (C=N–C) groups is 1. The summed E-state index contributed by atoms with van der Waals surface area (Å²) in [5.74, 6) is 1.14. The maximum absolute atomic E-state index is 12.9. The number of aromatic nitrogens is 2. The molecule has 11 heteroatoms. The van der Waals surface area contributed by atoms with Gasteiger partial charge in [0.05, 0.1) is 17.9 Å². The molecule has 0 spiro atoms. The number of hydrogen-bond donors (Lipinski definition) is 4. The molecule has 4 heterocycles. The highest BCUT2D eigenvalue weighted by Gasteiger charge is 2.33. The number of rotatable bonds is 4. The molecule has 0 aliphatic carbocycles. The molecule has 0 radical (unpaired) electrons. The summed E-state index contributed by atoms with van der Waals surface area (Å²) in [6.07, 6.45) is -0.719. The van der Waals surface area contributed by atoms with Crippen LogP contribution < -0.4 is 15.0 Å². The first-order valence-corrected chi connectivity index (χ1v) is 10.7. The zero-order chi connectivity index (χ0) is 24.7. The molecule has 0 bridgehead atoms. The summed E-state index contributed by atoms with van der Waals surface area (Å²) in [6.45, 7) is 2.58. The van der Waals surface area contributed by atoms with Crippen LogP contribution in [0, 0.1) is 12.3 Å². The highest BCUT2D eigenvalue weighted by atomic mass is 19.2. The number of pyridine rings is 2. The van der Waals surface area contributed by atoms with Crippen molar-refractivity contribution in [3.05, 3.63) is 71.8 Å². The summed E-state index contributed by atoms with van der Waals surface area (Å²) in [5, 5.41) is 29.3. The number of anilines is 3. The minimum atomic E-state index is -3.81. The minimum absolute atomic E-state index is 0.142. The number of likely N-dealkylation sites (N-methyl/N-ethyl adjacent to an activating group) is 1. The fourth-order valence-corrected chi connectivity index (χ4v) is 3.88. The second-order valence-corrected chi connectivity index (χ2v) is 8.12. The van der Waals surface area contributed by atoms with Crippen LogP contribution in [0.5, 0.6) is 5.88 Å². The Morgan fingerprint density at radius 3 is 2.54 bits per heavy atom. The molecular weight excluding hydrogens is 453 g/mol. The van der Waals surface area contributed by atoms with Crippen LogP contribution in [-0.2, 0) is 0 Å². The van der Waals surface area contributed by atoms with Crippen molar-refractivity contribution < 1.29 is 19.3 Å². The highest BCUT2D eigenvalue weighted by molar-refractivity contribution is 6.05. The number of alkyl halides is 1. The van der Waals surface area contributed by atoms with Crippen LogP contribution in [0.4, 0.5) is 21.6 Å². The van der Waals surface area contributed by atoms with Crippen molar-refractivity contribution >= 4 is 29.2 Å². The first-order valence-electron chi connectivity index (χ1n) is 10.7. The molecule has 1 aromatic carbocycles. The van der Waals surface area contributed by atoms with Gasteiger partial charge in [0.15, 0.2) is 11.7 Å². The zero-order valence-corrected chi connectivity index (χ0v) is 18.9. The average molecular weight is 475 g/mol. The third-order valence-corrected chi connectivity index (χ3v) is 5.53. The summed E-state index contributed by atoms with van der Waals surface area (Å²) < 4.78 is 17.2. The molecule has 0 amide bonds. The summed E-state index contributed by atoms with van der Waals surface area (Å²) in [5.41, 5.74) is 4.55. The number of fused-ring (bicyclic) bond motifs is 1. The first kappa shape index (κ1) is 22.4. The topological polar surface area (TPSA) is 130 Å². The van der Waals surface area contributed by atoms with Gasteiger partial charge in [-0.2, -0.15) is 0 Å². The molecule has 5 rings (SSSR count). The van der Waals surface area contributed by atoms with Gasteiger partial charge in [-0.05, 0) is 37.3 Å². The maximum atomic E-state index is 12.9. The van der Waals surface area contributed by atoms with Crippen LogP contribution in [-0.4, -0.2) is 57.0 Å². The highest BCUT2D eigenvalue weighted by Crippen LogP contribution is 2.43. The van der Waals surface area contributed by atoms with Crippen molar-refractivity contribution in [1.82, 2.24) is 14.9 Å². The lowest BCUT2D eigenvalue weighted by atomic mass is 10.2. The van der Waals surface area contributed by atoms with Crippen molar-refractivity contribution in [2.75, 3.05) is 23.8 Å². The number of halogens is 1. The normalized spacial score (nSPS) is 17.5. The molecule has 0 saturated carbocycles. The van der Waals surface area contributed by atoms with Gasteiger partial charge in [-0.1, -0.05) is 17.7 Å². The Labute approximate surface area is 200 Å². The Morgan fingerprint density at radius 1 is 1.11 bits per heavy atom. The van der Waals surface area contributed by atoms with Crippen LogP contribution in [0.2, 0.25) is 0 Å². The van der Waals surface area contributed by atoms with E-state index >= 15 is 0 Å². The fourth-order valence-electron chi connectivity index (χ4n) is 3.88. The van der Waals surface area contributed by atoms with Gasteiger partial charge in [-0.3, -0.25) is 10.3 Å². The first-order chi connectivity index (χ1) is 16.7. The Bertz CT molecular complexity index is 1350. The van der Waals surface area contributed by atoms with Crippen molar-refractivity contribution in [1.29, 1.82) is 5.41 Å².